The lowest BCUT2D eigenvalue weighted by Crippen LogP contribution is -2.19. The molecule has 0 spiro atoms. The summed E-state index contributed by atoms with van der Waals surface area (Å²) in [7, 11) is 0. The van der Waals surface area contributed by atoms with Crippen LogP contribution in [-0.2, 0) is 4.79 Å². The van der Waals surface area contributed by atoms with Crippen molar-refractivity contribution in [1.29, 1.82) is 0 Å². The summed E-state index contributed by atoms with van der Waals surface area (Å²) in [5.41, 5.74) is 0.733. The first-order chi connectivity index (χ1) is 9.49. The maximum Gasteiger partial charge on any atom is 0.305 e. The van der Waals surface area contributed by atoms with E-state index in [1.54, 1.807) is 37.3 Å². The molecule has 0 aliphatic heterocycles. The van der Waals surface area contributed by atoms with Gasteiger partial charge in [-0.15, -0.1) is 0 Å². The van der Waals surface area contributed by atoms with Gasteiger partial charge in [0.05, 0.1) is 16.7 Å². The lowest BCUT2D eigenvalue weighted by Gasteiger charge is -2.15. The van der Waals surface area contributed by atoms with E-state index in [4.69, 9.17) is 5.11 Å². The van der Waals surface area contributed by atoms with Gasteiger partial charge in [-0.2, -0.15) is 0 Å². The van der Waals surface area contributed by atoms with E-state index >= 15 is 0 Å². The number of hydrogen-bond donors (Lipinski definition) is 2. The minimum Gasteiger partial charge on any atom is -0.481 e. The van der Waals surface area contributed by atoms with Crippen LogP contribution in [0, 0.1) is 10.1 Å². The van der Waals surface area contributed by atoms with Crippen LogP contribution in [-0.4, -0.2) is 22.0 Å². The topological polar surface area (TPSA) is 92.5 Å². The Morgan fingerprint density at radius 3 is 2.55 bits per heavy atom. The Morgan fingerprint density at radius 1 is 1.30 bits per heavy atom. The Hall–Kier alpha value is -2.63. The van der Waals surface area contributed by atoms with Crippen molar-refractivity contribution >= 4 is 28.1 Å². The molecule has 0 amide bonds. The molecule has 0 aliphatic carbocycles. The zero-order valence-electron chi connectivity index (χ0n) is 10.9. The third kappa shape index (κ3) is 2.85. The Labute approximate surface area is 115 Å². The Bertz CT molecular complexity index is 669. The second kappa shape index (κ2) is 5.56. The average molecular weight is 274 g/mol. The number of nitrogens with zero attached hydrogens (tertiary/aromatic N) is 1. The van der Waals surface area contributed by atoms with Gasteiger partial charge in [-0.1, -0.05) is 18.2 Å². The van der Waals surface area contributed by atoms with E-state index in [2.05, 4.69) is 5.32 Å². The third-order valence-electron chi connectivity index (χ3n) is 2.98. The normalized spacial score (nSPS) is 12.1. The van der Waals surface area contributed by atoms with Crippen LogP contribution in [0.5, 0.6) is 0 Å². The molecule has 0 saturated carbocycles. The summed E-state index contributed by atoms with van der Waals surface area (Å²) in [6.07, 6.45) is -0.0225. The first-order valence-corrected chi connectivity index (χ1v) is 6.13. The van der Waals surface area contributed by atoms with Gasteiger partial charge in [-0.25, -0.2) is 0 Å². The molecule has 0 radical (unpaired) electrons. The van der Waals surface area contributed by atoms with Crippen LogP contribution in [0.15, 0.2) is 36.4 Å². The molecule has 0 saturated heterocycles. The summed E-state index contributed by atoms with van der Waals surface area (Å²) in [6.45, 7) is 1.75. The van der Waals surface area contributed by atoms with E-state index in [1.807, 2.05) is 0 Å². The number of benzene rings is 2. The number of nitro groups is 1. The highest BCUT2D eigenvalue weighted by atomic mass is 16.6. The second-order valence-corrected chi connectivity index (χ2v) is 4.58. The molecular weight excluding hydrogens is 260 g/mol. The highest BCUT2D eigenvalue weighted by Gasteiger charge is 2.15. The number of rotatable bonds is 5. The van der Waals surface area contributed by atoms with Crippen molar-refractivity contribution in [3.05, 3.63) is 46.5 Å². The molecule has 6 heteroatoms. The van der Waals surface area contributed by atoms with Gasteiger partial charge < -0.3 is 10.4 Å². The van der Waals surface area contributed by atoms with E-state index in [0.717, 1.165) is 0 Å². The largest absolute Gasteiger partial charge is 0.481 e. The first-order valence-electron chi connectivity index (χ1n) is 6.13. The molecular formula is C14H14N2O4. The molecule has 20 heavy (non-hydrogen) atoms. The van der Waals surface area contributed by atoms with Crippen molar-refractivity contribution in [1.82, 2.24) is 0 Å². The molecule has 0 aromatic heterocycles. The van der Waals surface area contributed by atoms with Crippen molar-refractivity contribution in [3.8, 4) is 0 Å². The van der Waals surface area contributed by atoms with E-state index < -0.39 is 10.9 Å². The number of non-ortho nitro benzene ring substituents is 1. The predicted molar refractivity (Wildman–Crippen MR) is 75.9 cm³/mol. The zero-order valence-corrected chi connectivity index (χ0v) is 10.9. The molecule has 0 heterocycles. The first kappa shape index (κ1) is 13.8. The second-order valence-electron chi connectivity index (χ2n) is 4.58. The Balaban J connectivity index is 2.43. The molecule has 0 unspecified atom stereocenters. The molecule has 1 atom stereocenters. The Kier molecular flexibility index (Phi) is 3.84. The van der Waals surface area contributed by atoms with Gasteiger partial charge in [0.25, 0.3) is 5.69 Å². The van der Waals surface area contributed by atoms with Gasteiger partial charge in [0.2, 0.25) is 0 Å². The summed E-state index contributed by atoms with van der Waals surface area (Å²) < 4.78 is 0. The number of nitrogens with one attached hydrogen (secondary N) is 1. The van der Waals surface area contributed by atoms with E-state index in [-0.39, 0.29) is 18.2 Å². The summed E-state index contributed by atoms with van der Waals surface area (Å²) in [4.78, 5) is 21.3. The van der Waals surface area contributed by atoms with E-state index in [9.17, 15) is 14.9 Å². The maximum atomic E-state index is 11.0. The molecule has 104 valence electrons. The minimum atomic E-state index is -0.892. The number of carboxylic acids is 1. The molecule has 0 bridgehead atoms. The highest BCUT2D eigenvalue weighted by molar-refractivity contribution is 5.99. The minimum absolute atomic E-state index is 0.0225. The van der Waals surface area contributed by atoms with E-state index in [0.29, 0.717) is 16.5 Å². The van der Waals surface area contributed by atoms with Crippen molar-refractivity contribution in [2.75, 3.05) is 5.32 Å². The fraction of sp³-hybridized carbons (Fsp3) is 0.214. The van der Waals surface area contributed by atoms with Crippen LogP contribution in [0.3, 0.4) is 0 Å². The van der Waals surface area contributed by atoms with Crippen LogP contribution < -0.4 is 5.32 Å². The monoisotopic (exact) mass is 274 g/mol. The SMILES string of the molecule is C[C@@H](CC(=O)O)Nc1ccc([N+](=O)[O-])c2ccccc12. The number of carboxylic acid groups (broad SMARTS) is 1. The number of nitro benzene ring substituents is 1. The van der Waals surface area contributed by atoms with Crippen molar-refractivity contribution < 1.29 is 14.8 Å². The molecule has 6 nitrogen and oxygen atoms in total. The van der Waals surface area contributed by atoms with Crippen LogP contribution in [0.1, 0.15) is 13.3 Å². The lowest BCUT2D eigenvalue weighted by atomic mass is 10.1. The number of anilines is 1. The zero-order chi connectivity index (χ0) is 14.7. The van der Waals surface area contributed by atoms with Crippen molar-refractivity contribution in [2.45, 2.75) is 19.4 Å². The van der Waals surface area contributed by atoms with Gasteiger partial charge in [0.15, 0.2) is 0 Å². The smallest absolute Gasteiger partial charge is 0.305 e. The lowest BCUT2D eigenvalue weighted by molar-refractivity contribution is -0.383. The molecule has 0 aliphatic rings. The molecule has 2 rings (SSSR count). The van der Waals surface area contributed by atoms with Crippen LogP contribution in [0.25, 0.3) is 10.8 Å². The Morgan fingerprint density at radius 2 is 1.95 bits per heavy atom. The van der Waals surface area contributed by atoms with Gasteiger partial charge in [0, 0.05) is 23.2 Å². The molecule has 2 N–H and O–H groups in total. The number of fused-ring (bicyclic) bond motifs is 1. The summed E-state index contributed by atoms with van der Waals surface area (Å²) >= 11 is 0. The van der Waals surface area contributed by atoms with Gasteiger partial charge in [-0.3, -0.25) is 14.9 Å². The highest BCUT2D eigenvalue weighted by Crippen LogP contribution is 2.31. The molecule has 2 aromatic carbocycles. The van der Waals surface area contributed by atoms with Gasteiger partial charge >= 0.3 is 5.97 Å². The fourth-order valence-corrected chi connectivity index (χ4v) is 2.15. The van der Waals surface area contributed by atoms with Crippen molar-refractivity contribution in [2.24, 2.45) is 0 Å². The summed E-state index contributed by atoms with van der Waals surface area (Å²) in [5, 5.41) is 24.1. The number of carbonyl (C=O) groups is 1. The third-order valence-corrected chi connectivity index (χ3v) is 2.98. The average Bonchev–Trinajstić information content (AvgIpc) is 2.37. The van der Waals surface area contributed by atoms with Crippen LogP contribution in [0.2, 0.25) is 0 Å². The molecule has 2 aromatic rings. The fourth-order valence-electron chi connectivity index (χ4n) is 2.15. The standard InChI is InChI=1S/C14H14N2O4/c1-9(8-14(17)18)15-12-6-7-13(16(19)20)11-5-3-2-4-10(11)12/h2-7,9,15H,8H2,1H3,(H,17,18)/t9-/m0/s1. The van der Waals surface area contributed by atoms with Crippen LogP contribution >= 0.6 is 0 Å². The van der Waals surface area contributed by atoms with E-state index in [1.165, 1.54) is 6.07 Å². The van der Waals surface area contributed by atoms with Crippen LogP contribution in [0.4, 0.5) is 11.4 Å². The quantitative estimate of drug-likeness (QED) is 0.645. The maximum absolute atomic E-state index is 11.0. The predicted octanol–water partition coefficient (Wildman–Crippen LogP) is 3.02. The van der Waals surface area contributed by atoms with Crippen molar-refractivity contribution in [3.63, 3.8) is 0 Å². The van der Waals surface area contributed by atoms with Gasteiger partial charge in [0.1, 0.15) is 0 Å². The van der Waals surface area contributed by atoms with Gasteiger partial charge in [-0.05, 0) is 19.1 Å². The summed E-state index contributed by atoms with van der Waals surface area (Å²) in [5.74, 6) is -0.892. The number of aliphatic carboxylic acids is 1. The molecule has 0 fully saturated rings. The summed E-state index contributed by atoms with van der Waals surface area (Å²) in [6, 6.07) is 9.76. The number of hydrogen-bond acceptors (Lipinski definition) is 4.